The topological polar surface area (TPSA) is 62.6 Å². The lowest BCUT2D eigenvalue weighted by Crippen LogP contribution is -3.09. The quantitative estimate of drug-likeness (QED) is 0.662. The predicted octanol–water partition coefficient (Wildman–Crippen LogP) is -0.453. The van der Waals surface area contributed by atoms with Crippen molar-refractivity contribution in [2.45, 2.75) is 13.5 Å². The van der Waals surface area contributed by atoms with Gasteiger partial charge < -0.3 is 10.2 Å². The lowest BCUT2D eigenvalue weighted by atomic mass is 10.2. The molecule has 0 aliphatic heterocycles. The molecule has 0 bridgehead atoms. The van der Waals surface area contributed by atoms with E-state index in [1.807, 2.05) is 37.4 Å². The standard InChI is InChI=1S/C13H19N3O2/c1-3-14-13(18)15-12(17)10-16(2)9-11-7-5-4-6-8-11/h4-8H,3,9-10H2,1-2H3,(H2,14,15,17,18)/p+1. The van der Waals surface area contributed by atoms with E-state index < -0.39 is 6.03 Å². The summed E-state index contributed by atoms with van der Waals surface area (Å²) in [6, 6.07) is 9.50. The first-order chi connectivity index (χ1) is 8.61. The van der Waals surface area contributed by atoms with E-state index in [1.165, 1.54) is 5.56 Å². The highest BCUT2D eigenvalue weighted by molar-refractivity contribution is 5.94. The summed E-state index contributed by atoms with van der Waals surface area (Å²) in [7, 11) is 1.92. The van der Waals surface area contributed by atoms with Crippen molar-refractivity contribution in [3.05, 3.63) is 35.9 Å². The fourth-order valence-electron chi connectivity index (χ4n) is 1.66. The minimum Gasteiger partial charge on any atom is -0.338 e. The number of amides is 3. The molecule has 3 amide bonds. The molecule has 1 rings (SSSR count). The third kappa shape index (κ3) is 5.45. The lowest BCUT2D eigenvalue weighted by molar-refractivity contribution is -0.885. The summed E-state index contributed by atoms with van der Waals surface area (Å²) < 4.78 is 0. The Morgan fingerprint density at radius 3 is 2.50 bits per heavy atom. The number of nitrogens with one attached hydrogen (secondary N) is 3. The van der Waals surface area contributed by atoms with Crippen LogP contribution in [-0.4, -0.2) is 32.1 Å². The third-order valence-electron chi connectivity index (χ3n) is 2.40. The van der Waals surface area contributed by atoms with Crippen molar-refractivity contribution in [3.63, 3.8) is 0 Å². The zero-order valence-corrected chi connectivity index (χ0v) is 10.8. The molecule has 3 N–H and O–H groups in total. The predicted molar refractivity (Wildman–Crippen MR) is 69.1 cm³/mol. The first-order valence-corrected chi connectivity index (χ1v) is 6.04. The second kappa shape index (κ2) is 7.45. The number of quaternary nitrogens is 1. The van der Waals surface area contributed by atoms with Gasteiger partial charge in [0.25, 0.3) is 5.91 Å². The van der Waals surface area contributed by atoms with Crippen LogP contribution in [0.15, 0.2) is 30.3 Å². The molecule has 1 aromatic carbocycles. The van der Waals surface area contributed by atoms with Crippen LogP contribution in [0.2, 0.25) is 0 Å². The van der Waals surface area contributed by atoms with Crippen LogP contribution in [-0.2, 0) is 11.3 Å². The van der Waals surface area contributed by atoms with Gasteiger partial charge >= 0.3 is 6.03 Å². The Morgan fingerprint density at radius 2 is 1.89 bits per heavy atom. The molecule has 0 radical (unpaired) electrons. The molecular formula is C13H20N3O2+. The Balaban J connectivity index is 2.34. The SMILES string of the molecule is CCNC(=O)NC(=O)C[NH+](C)Cc1ccccc1. The summed E-state index contributed by atoms with van der Waals surface area (Å²) >= 11 is 0. The van der Waals surface area contributed by atoms with Crippen molar-refractivity contribution in [3.8, 4) is 0 Å². The zero-order chi connectivity index (χ0) is 13.4. The molecule has 0 aliphatic carbocycles. The first-order valence-electron chi connectivity index (χ1n) is 6.04. The molecule has 5 heteroatoms. The Morgan fingerprint density at radius 1 is 1.22 bits per heavy atom. The molecule has 1 aromatic rings. The second-order valence-corrected chi connectivity index (χ2v) is 4.20. The number of hydrogen-bond donors (Lipinski definition) is 3. The van der Waals surface area contributed by atoms with E-state index in [1.54, 1.807) is 6.92 Å². The fourth-order valence-corrected chi connectivity index (χ4v) is 1.66. The minimum absolute atomic E-state index is 0.269. The normalized spacial score (nSPS) is 11.7. The summed E-state index contributed by atoms with van der Waals surface area (Å²) in [6.07, 6.45) is 0. The van der Waals surface area contributed by atoms with E-state index in [2.05, 4.69) is 10.6 Å². The largest absolute Gasteiger partial charge is 0.338 e. The van der Waals surface area contributed by atoms with Crippen molar-refractivity contribution < 1.29 is 14.5 Å². The maximum absolute atomic E-state index is 11.5. The summed E-state index contributed by atoms with van der Waals surface area (Å²) in [5, 5.41) is 4.81. The van der Waals surface area contributed by atoms with Crippen LogP contribution in [0.25, 0.3) is 0 Å². The molecule has 98 valence electrons. The van der Waals surface area contributed by atoms with Gasteiger partial charge in [-0.2, -0.15) is 0 Å². The van der Waals surface area contributed by atoms with Crippen LogP contribution in [0.5, 0.6) is 0 Å². The number of carbonyl (C=O) groups is 2. The van der Waals surface area contributed by atoms with E-state index in [9.17, 15) is 9.59 Å². The van der Waals surface area contributed by atoms with Crippen molar-refractivity contribution >= 4 is 11.9 Å². The van der Waals surface area contributed by atoms with Gasteiger partial charge in [0, 0.05) is 12.1 Å². The molecule has 0 saturated carbocycles. The number of benzene rings is 1. The van der Waals surface area contributed by atoms with Gasteiger partial charge in [0.2, 0.25) is 0 Å². The molecule has 0 heterocycles. The highest BCUT2D eigenvalue weighted by atomic mass is 16.2. The third-order valence-corrected chi connectivity index (χ3v) is 2.40. The van der Waals surface area contributed by atoms with Crippen molar-refractivity contribution in [1.29, 1.82) is 0 Å². The van der Waals surface area contributed by atoms with Crippen molar-refractivity contribution in [1.82, 2.24) is 10.6 Å². The molecule has 1 atom stereocenters. The van der Waals surface area contributed by atoms with Crippen LogP contribution < -0.4 is 15.5 Å². The van der Waals surface area contributed by atoms with Gasteiger partial charge in [0.1, 0.15) is 6.54 Å². The Bertz CT molecular complexity index is 392. The Kier molecular flexibility index (Phi) is 5.87. The summed E-state index contributed by atoms with van der Waals surface area (Å²) in [6.45, 7) is 3.33. The van der Waals surface area contributed by atoms with Gasteiger partial charge in [0.15, 0.2) is 6.54 Å². The lowest BCUT2D eigenvalue weighted by Gasteiger charge is -2.13. The molecule has 0 aromatic heterocycles. The van der Waals surface area contributed by atoms with E-state index in [-0.39, 0.29) is 12.5 Å². The summed E-state index contributed by atoms with van der Waals surface area (Å²) in [5.41, 5.74) is 1.17. The molecule has 0 fully saturated rings. The second-order valence-electron chi connectivity index (χ2n) is 4.20. The number of imide groups is 1. The van der Waals surface area contributed by atoms with Gasteiger partial charge in [-0.25, -0.2) is 4.79 Å². The zero-order valence-electron chi connectivity index (χ0n) is 10.8. The summed E-state index contributed by atoms with van der Waals surface area (Å²) in [5.74, 6) is -0.269. The number of carbonyl (C=O) groups excluding carboxylic acids is 2. The van der Waals surface area contributed by atoms with Crippen LogP contribution >= 0.6 is 0 Å². The number of hydrogen-bond acceptors (Lipinski definition) is 2. The maximum Gasteiger partial charge on any atom is 0.321 e. The van der Waals surface area contributed by atoms with E-state index in [0.717, 1.165) is 11.4 Å². The monoisotopic (exact) mass is 250 g/mol. The molecule has 5 nitrogen and oxygen atoms in total. The highest BCUT2D eigenvalue weighted by Gasteiger charge is 2.12. The van der Waals surface area contributed by atoms with Crippen LogP contribution in [0.1, 0.15) is 12.5 Å². The van der Waals surface area contributed by atoms with Crippen LogP contribution in [0.3, 0.4) is 0 Å². The Labute approximate surface area is 107 Å². The average Bonchev–Trinajstić information content (AvgIpc) is 2.29. The van der Waals surface area contributed by atoms with Crippen LogP contribution in [0, 0.1) is 0 Å². The molecule has 0 aliphatic rings. The van der Waals surface area contributed by atoms with Gasteiger partial charge in [-0.15, -0.1) is 0 Å². The molecular weight excluding hydrogens is 230 g/mol. The highest BCUT2D eigenvalue weighted by Crippen LogP contribution is 1.94. The summed E-state index contributed by atoms with van der Waals surface area (Å²) in [4.78, 5) is 23.7. The van der Waals surface area contributed by atoms with Gasteiger partial charge in [-0.3, -0.25) is 10.1 Å². The van der Waals surface area contributed by atoms with Crippen molar-refractivity contribution in [2.24, 2.45) is 0 Å². The molecule has 1 unspecified atom stereocenters. The maximum atomic E-state index is 11.5. The smallest absolute Gasteiger partial charge is 0.321 e. The number of likely N-dealkylation sites (N-methyl/N-ethyl adjacent to an activating group) is 1. The average molecular weight is 250 g/mol. The number of rotatable bonds is 5. The molecule has 0 saturated heterocycles. The van der Waals surface area contributed by atoms with Crippen LogP contribution in [0.4, 0.5) is 4.79 Å². The number of urea groups is 1. The van der Waals surface area contributed by atoms with Gasteiger partial charge in [-0.1, -0.05) is 30.3 Å². The van der Waals surface area contributed by atoms with E-state index in [0.29, 0.717) is 6.54 Å². The molecule has 0 spiro atoms. The van der Waals surface area contributed by atoms with E-state index >= 15 is 0 Å². The molecule has 18 heavy (non-hydrogen) atoms. The Hall–Kier alpha value is -1.88. The fraction of sp³-hybridized carbons (Fsp3) is 0.385. The van der Waals surface area contributed by atoms with Gasteiger partial charge in [-0.05, 0) is 6.92 Å². The first kappa shape index (κ1) is 14.2. The minimum atomic E-state index is -0.435. The van der Waals surface area contributed by atoms with Crippen molar-refractivity contribution in [2.75, 3.05) is 20.1 Å². The van der Waals surface area contributed by atoms with E-state index in [4.69, 9.17) is 0 Å². The van der Waals surface area contributed by atoms with Gasteiger partial charge in [0.05, 0.1) is 7.05 Å².